The second kappa shape index (κ2) is 6.82. The van der Waals surface area contributed by atoms with Crippen LogP contribution in [0, 0.1) is 46.9 Å². The van der Waals surface area contributed by atoms with Crippen LogP contribution in [-0.2, 0) is 0 Å². The molecule has 2 heteroatoms. The van der Waals surface area contributed by atoms with Crippen LogP contribution in [-0.4, -0.2) is 0 Å². The fraction of sp³-hybridized carbons (Fsp3) is 0. The molecule has 1 aromatic rings. The Labute approximate surface area is 94.1 Å². The van der Waals surface area contributed by atoms with Gasteiger partial charge in [-0.1, -0.05) is 6.07 Å². The van der Waals surface area contributed by atoms with E-state index in [1.807, 2.05) is 30.3 Å². The second-order valence-corrected chi connectivity index (χ2v) is 1.49. The van der Waals surface area contributed by atoms with Crippen LogP contribution in [0.4, 0.5) is 0 Å². The van der Waals surface area contributed by atoms with Gasteiger partial charge in [-0.25, -0.2) is 0 Å². The third-order valence-corrected chi connectivity index (χ3v) is 0.843. The molecule has 0 aliphatic heterocycles. The Hall–Kier alpha value is 0.705. The summed E-state index contributed by atoms with van der Waals surface area (Å²) in [4.78, 5) is 0. The van der Waals surface area contributed by atoms with Crippen molar-refractivity contribution in [1.82, 2.24) is 0 Å². The maximum atomic E-state index is 3.72. The third kappa shape index (κ3) is 5.16. The van der Waals surface area contributed by atoms with Gasteiger partial charge in [0.2, 0.25) is 0 Å². The molecule has 0 aliphatic carbocycles. The van der Waals surface area contributed by atoms with Crippen molar-refractivity contribution in [2.24, 2.45) is 0 Å². The van der Waals surface area contributed by atoms with Crippen molar-refractivity contribution < 1.29 is 39.9 Å². The molecule has 0 aliphatic rings. The largest absolute Gasteiger partial charge is 0.199 e. The van der Waals surface area contributed by atoms with Gasteiger partial charge in [0.05, 0.1) is 0 Å². The van der Waals surface area contributed by atoms with Crippen molar-refractivity contribution in [3.8, 4) is 0 Å². The SMILES string of the molecule is Cl.[CH2-]c1ccccc1.[Th]. The topological polar surface area (TPSA) is 0 Å². The molecule has 0 saturated heterocycles. The Morgan fingerprint density at radius 3 is 1.67 bits per heavy atom. The minimum Gasteiger partial charge on any atom is -0.199 e. The van der Waals surface area contributed by atoms with Crippen LogP contribution in [0.25, 0.3) is 0 Å². The molecule has 0 nitrogen and oxygen atoms in total. The fourth-order valence-electron chi connectivity index (χ4n) is 0.478. The summed E-state index contributed by atoms with van der Waals surface area (Å²) in [6.07, 6.45) is 0. The van der Waals surface area contributed by atoms with Gasteiger partial charge >= 0.3 is 0 Å². The number of benzene rings is 1. The van der Waals surface area contributed by atoms with E-state index in [1.54, 1.807) is 0 Å². The van der Waals surface area contributed by atoms with E-state index in [9.17, 15) is 0 Å². The Kier molecular flexibility index (Phi) is 9.39. The third-order valence-electron chi connectivity index (χ3n) is 0.843. The molecule has 0 fully saturated rings. The molecule has 0 unspecified atom stereocenters. The van der Waals surface area contributed by atoms with Crippen molar-refractivity contribution in [2.75, 3.05) is 0 Å². The van der Waals surface area contributed by atoms with E-state index in [-0.39, 0.29) is 52.3 Å². The van der Waals surface area contributed by atoms with Crippen molar-refractivity contribution in [1.29, 1.82) is 0 Å². The summed E-state index contributed by atoms with van der Waals surface area (Å²) in [5.41, 5.74) is 1.07. The molecule has 0 bridgehead atoms. The maximum Gasteiger partial charge on any atom is 0 e. The quantitative estimate of drug-likeness (QED) is 0.624. The van der Waals surface area contributed by atoms with E-state index >= 15 is 0 Å². The molecule has 0 atom stereocenters. The summed E-state index contributed by atoms with van der Waals surface area (Å²) in [5, 5.41) is 0. The van der Waals surface area contributed by atoms with E-state index in [4.69, 9.17) is 0 Å². The van der Waals surface area contributed by atoms with E-state index in [1.165, 1.54) is 0 Å². The van der Waals surface area contributed by atoms with Gasteiger partial charge in [-0.2, -0.15) is 24.6 Å². The number of hydrogen-bond donors (Lipinski definition) is 0. The van der Waals surface area contributed by atoms with Crippen LogP contribution in [0.5, 0.6) is 0 Å². The molecule has 0 aromatic heterocycles. The number of hydrogen-bond acceptors (Lipinski definition) is 0. The number of rotatable bonds is 0. The summed E-state index contributed by atoms with van der Waals surface area (Å²) in [7, 11) is 0. The summed E-state index contributed by atoms with van der Waals surface area (Å²) in [6.45, 7) is 3.72. The fourth-order valence-corrected chi connectivity index (χ4v) is 0.478. The number of halogens is 1. The van der Waals surface area contributed by atoms with E-state index < -0.39 is 0 Å². The monoisotopic (exact) mass is 359 g/mol. The first kappa shape index (κ1) is 12.4. The molecule has 0 N–H and O–H groups in total. The minimum absolute atomic E-state index is 0. The molecule has 0 heterocycles. The molecule has 9 heavy (non-hydrogen) atoms. The van der Waals surface area contributed by atoms with Gasteiger partial charge in [0.15, 0.2) is 0 Å². The van der Waals surface area contributed by atoms with Gasteiger partial charge in [-0.15, -0.1) is 24.5 Å². The first-order valence-electron chi connectivity index (χ1n) is 2.26. The first-order chi connectivity index (χ1) is 3.39. The average Bonchev–Trinajstić information content (AvgIpc) is 1.69. The Bertz CT molecular complexity index is 139. The molecule has 0 amide bonds. The van der Waals surface area contributed by atoms with Gasteiger partial charge in [0.25, 0.3) is 0 Å². The zero-order valence-electron chi connectivity index (χ0n) is 5.00. The summed E-state index contributed by atoms with van der Waals surface area (Å²) >= 11 is 0. The van der Waals surface area contributed by atoms with E-state index in [0.717, 1.165) is 5.56 Å². The van der Waals surface area contributed by atoms with Crippen LogP contribution in [0.3, 0.4) is 0 Å². The Balaban J connectivity index is 0. The van der Waals surface area contributed by atoms with E-state index in [2.05, 4.69) is 6.92 Å². The van der Waals surface area contributed by atoms with Crippen LogP contribution in [0.15, 0.2) is 30.3 Å². The summed E-state index contributed by atoms with van der Waals surface area (Å²) < 4.78 is 0. The molecule has 1 rings (SSSR count). The first-order valence-corrected chi connectivity index (χ1v) is 2.26. The maximum absolute atomic E-state index is 3.72. The minimum atomic E-state index is 0. The van der Waals surface area contributed by atoms with E-state index in [0.29, 0.717) is 0 Å². The summed E-state index contributed by atoms with van der Waals surface area (Å²) in [6, 6.07) is 9.87. The smallest absolute Gasteiger partial charge is 0 e. The molecule has 0 saturated carbocycles. The van der Waals surface area contributed by atoms with Crippen LogP contribution < -0.4 is 0 Å². The molecular weight excluding hydrogens is 352 g/mol. The van der Waals surface area contributed by atoms with Gasteiger partial charge in [-0.3, -0.25) is 0 Å². The van der Waals surface area contributed by atoms with Gasteiger partial charge in [0.1, 0.15) is 0 Å². The zero-order chi connectivity index (χ0) is 5.11. The molecule has 0 radical (unpaired) electrons. The second-order valence-electron chi connectivity index (χ2n) is 1.49. The molecule has 48 valence electrons. The Morgan fingerprint density at radius 2 is 1.44 bits per heavy atom. The normalized spacial score (nSPS) is 6.67. The van der Waals surface area contributed by atoms with Crippen molar-refractivity contribution in [3.05, 3.63) is 42.8 Å². The predicted octanol–water partition coefficient (Wildman–Crippen LogP) is 2.29. The van der Waals surface area contributed by atoms with Crippen molar-refractivity contribution >= 4 is 12.4 Å². The standard InChI is InChI=1S/C7H7.ClH.Th/c1-7-5-3-2-4-6-7;;/h2-6H,1H2;1H;/q-1;;. The van der Waals surface area contributed by atoms with Crippen LogP contribution >= 0.6 is 12.4 Å². The van der Waals surface area contributed by atoms with Crippen molar-refractivity contribution in [3.63, 3.8) is 0 Å². The van der Waals surface area contributed by atoms with Gasteiger partial charge in [-0.05, 0) is 0 Å². The molecule has 1 aromatic carbocycles. The zero-order valence-corrected chi connectivity index (χ0v) is 9.93. The molecular formula is C7H8ClTh-. The van der Waals surface area contributed by atoms with Crippen LogP contribution in [0.1, 0.15) is 5.56 Å². The van der Waals surface area contributed by atoms with Gasteiger partial charge < -0.3 is 0 Å². The predicted molar refractivity (Wildman–Crippen MR) is 38.1 cm³/mol. The Morgan fingerprint density at radius 1 is 1.00 bits per heavy atom. The average molecular weight is 360 g/mol. The van der Waals surface area contributed by atoms with Crippen molar-refractivity contribution in [2.45, 2.75) is 0 Å². The van der Waals surface area contributed by atoms with Gasteiger partial charge in [0, 0.05) is 39.9 Å². The summed E-state index contributed by atoms with van der Waals surface area (Å²) in [5.74, 6) is 0. The molecule has 0 spiro atoms. The van der Waals surface area contributed by atoms with Crippen LogP contribution in [0.2, 0.25) is 0 Å².